The summed E-state index contributed by atoms with van der Waals surface area (Å²) in [5, 5.41) is 3.58. The first-order chi connectivity index (χ1) is 14.9. The van der Waals surface area contributed by atoms with E-state index in [9.17, 15) is 9.59 Å². The number of methoxy groups -OCH3 is 1. The molecule has 0 spiro atoms. The number of benzene rings is 2. The van der Waals surface area contributed by atoms with Gasteiger partial charge < -0.3 is 19.4 Å². The zero-order chi connectivity index (χ0) is 22.0. The number of piperazine rings is 1. The second kappa shape index (κ2) is 9.13. The van der Waals surface area contributed by atoms with Crippen LogP contribution in [0.5, 0.6) is 0 Å². The smallest absolute Gasteiger partial charge is 0.408 e. The summed E-state index contributed by atoms with van der Waals surface area (Å²) in [5.41, 5.74) is 3.68. The predicted molar refractivity (Wildman–Crippen MR) is 121 cm³/mol. The Balaban J connectivity index is 1.35. The van der Waals surface area contributed by atoms with E-state index in [1.807, 2.05) is 12.1 Å². The number of aromatic nitrogens is 1. The van der Waals surface area contributed by atoms with Gasteiger partial charge in [-0.05, 0) is 42.8 Å². The second-order valence-electron chi connectivity index (χ2n) is 7.76. The van der Waals surface area contributed by atoms with Crippen molar-refractivity contribution in [3.05, 3.63) is 57.5 Å². The molecule has 1 aromatic heterocycles. The Labute approximate surface area is 184 Å². The Kier molecular flexibility index (Phi) is 6.31. The molecule has 0 unspecified atom stereocenters. The summed E-state index contributed by atoms with van der Waals surface area (Å²) >= 11 is 6.26. The van der Waals surface area contributed by atoms with E-state index in [0.29, 0.717) is 35.0 Å². The zero-order valence-corrected chi connectivity index (χ0v) is 18.2. The lowest BCUT2D eigenvalue weighted by atomic mass is 10.1. The molecule has 2 N–H and O–H groups in total. The fourth-order valence-corrected chi connectivity index (χ4v) is 4.17. The van der Waals surface area contributed by atoms with E-state index >= 15 is 0 Å². The minimum absolute atomic E-state index is 0.105. The highest BCUT2D eigenvalue weighted by Gasteiger charge is 2.25. The van der Waals surface area contributed by atoms with E-state index in [-0.39, 0.29) is 11.9 Å². The van der Waals surface area contributed by atoms with E-state index < -0.39 is 5.76 Å². The molecule has 1 aliphatic heterocycles. The largest absolute Gasteiger partial charge is 0.417 e. The fraction of sp³-hybridized carbons (Fsp3) is 0.364. The molecular formula is C22H25ClN4O4. The number of rotatable bonds is 6. The van der Waals surface area contributed by atoms with Gasteiger partial charge >= 0.3 is 5.76 Å². The van der Waals surface area contributed by atoms with Crippen LogP contribution >= 0.6 is 11.6 Å². The standard InChI is InChI=1S/C22H25ClN4O4/c1-14-11-26(7-8-27(14)17-4-5-18(23)15(9-17)13-30-2)12-21(28)24-16-3-6-19-20(10-16)31-22(29)25-19/h3-6,9-10,14H,7-8,11-13H2,1-2H3,(H,24,28)(H,25,29)/t14-/m1/s1. The van der Waals surface area contributed by atoms with Crippen LogP contribution in [0.1, 0.15) is 12.5 Å². The summed E-state index contributed by atoms with van der Waals surface area (Å²) in [6.45, 7) is 5.26. The number of nitrogens with one attached hydrogen (secondary N) is 2. The number of anilines is 2. The highest BCUT2D eigenvalue weighted by molar-refractivity contribution is 6.31. The summed E-state index contributed by atoms with van der Waals surface area (Å²) in [6, 6.07) is 11.3. The normalized spacial score (nSPS) is 17.3. The summed E-state index contributed by atoms with van der Waals surface area (Å²) in [7, 11) is 1.65. The number of aromatic amines is 1. The Hall–Kier alpha value is -2.81. The summed E-state index contributed by atoms with van der Waals surface area (Å²) in [5.74, 6) is -0.618. The Morgan fingerprint density at radius 3 is 2.90 bits per heavy atom. The number of carbonyl (C=O) groups excluding carboxylic acids is 1. The Morgan fingerprint density at radius 2 is 2.13 bits per heavy atom. The summed E-state index contributed by atoms with van der Waals surface area (Å²) in [6.07, 6.45) is 0. The molecule has 0 saturated carbocycles. The molecule has 31 heavy (non-hydrogen) atoms. The summed E-state index contributed by atoms with van der Waals surface area (Å²) < 4.78 is 10.3. The third kappa shape index (κ3) is 4.92. The van der Waals surface area contributed by atoms with Crippen molar-refractivity contribution in [2.75, 3.05) is 43.5 Å². The van der Waals surface area contributed by atoms with Crippen molar-refractivity contribution in [1.82, 2.24) is 9.88 Å². The number of carbonyl (C=O) groups is 1. The number of hydrogen-bond acceptors (Lipinski definition) is 6. The van der Waals surface area contributed by atoms with Crippen LogP contribution in [0.15, 0.2) is 45.6 Å². The molecule has 0 aliphatic carbocycles. The van der Waals surface area contributed by atoms with Gasteiger partial charge in [0, 0.05) is 55.2 Å². The van der Waals surface area contributed by atoms with Gasteiger partial charge in [0.15, 0.2) is 5.58 Å². The van der Waals surface area contributed by atoms with Gasteiger partial charge in [0.25, 0.3) is 0 Å². The second-order valence-corrected chi connectivity index (χ2v) is 8.17. The molecular weight excluding hydrogens is 420 g/mol. The quantitative estimate of drug-likeness (QED) is 0.607. The van der Waals surface area contributed by atoms with Crippen molar-refractivity contribution in [3.63, 3.8) is 0 Å². The van der Waals surface area contributed by atoms with Crippen LogP contribution in [-0.2, 0) is 16.1 Å². The predicted octanol–water partition coefficient (Wildman–Crippen LogP) is 3.07. The monoisotopic (exact) mass is 444 g/mol. The minimum atomic E-state index is -0.514. The van der Waals surface area contributed by atoms with Gasteiger partial charge in [0.1, 0.15) is 0 Å². The average molecular weight is 445 g/mol. The lowest BCUT2D eigenvalue weighted by molar-refractivity contribution is -0.117. The van der Waals surface area contributed by atoms with Crippen LogP contribution in [0.25, 0.3) is 11.1 Å². The number of hydrogen-bond donors (Lipinski definition) is 2. The molecule has 4 rings (SSSR count). The van der Waals surface area contributed by atoms with Crippen molar-refractivity contribution in [2.24, 2.45) is 0 Å². The van der Waals surface area contributed by atoms with Crippen molar-refractivity contribution >= 4 is 40.0 Å². The van der Waals surface area contributed by atoms with Crippen molar-refractivity contribution in [3.8, 4) is 0 Å². The topological polar surface area (TPSA) is 90.8 Å². The molecule has 2 aromatic carbocycles. The van der Waals surface area contributed by atoms with Crippen molar-refractivity contribution < 1.29 is 13.9 Å². The maximum atomic E-state index is 12.5. The minimum Gasteiger partial charge on any atom is -0.408 e. The van der Waals surface area contributed by atoms with Gasteiger partial charge in [-0.3, -0.25) is 14.7 Å². The van der Waals surface area contributed by atoms with Gasteiger partial charge in [0.05, 0.1) is 18.7 Å². The van der Waals surface area contributed by atoms with Crippen LogP contribution < -0.4 is 16.0 Å². The van der Waals surface area contributed by atoms with Crippen molar-refractivity contribution in [1.29, 1.82) is 0 Å². The van der Waals surface area contributed by atoms with Crippen LogP contribution in [-0.4, -0.2) is 55.1 Å². The first-order valence-electron chi connectivity index (χ1n) is 10.1. The first kappa shape index (κ1) is 21.4. The van der Waals surface area contributed by atoms with Gasteiger partial charge in [-0.1, -0.05) is 11.6 Å². The van der Waals surface area contributed by atoms with E-state index in [1.54, 1.807) is 25.3 Å². The highest BCUT2D eigenvalue weighted by Crippen LogP contribution is 2.27. The molecule has 2 heterocycles. The zero-order valence-electron chi connectivity index (χ0n) is 17.5. The van der Waals surface area contributed by atoms with E-state index in [2.05, 4.69) is 33.1 Å². The third-order valence-electron chi connectivity index (χ3n) is 5.44. The first-order valence-corrected chi connectivity index (χ1v) is 10.5. The summed E-state index contributed by atoms with van der Waals surface area (Å²) in [4.78, 5) is 30.9. The molecule has 1 fully saturated rings. The number of H-pyrrole nitrogens is 1. The molecule has 164 valence electrons. The number of oxazole rings is 1. The molecule has 8 nitrogen and oxygen atoms in total. The number of nitrogens with zero attached hydrogens (tertiary/aromatic N) is 2. The molecule has 1 saturated heterocycles. The third-order valence-corrected chi connectivity index (χ3v) is 5.81. The number of fused-ring (bicyclic) bond motifs is 1. The van der Waals surface area contributed by atoms with Gasteiger partial charge in [0.2, 0.25) is 5.91 Å². The van der Waals surface area contributed by atoms with E-state index in [0.717, 1.165) is 30.9 Å². The maximum absolute atomic E-state index is 12.5. The number of ether oxygens (including phenoxy) is 1. The maximum Gasteiger partial charge on any atom is 0.417 e. The van der Waals surface area contributed by atoms with Crippen LogP contribution in [0, 0.1) is 0 Å². The van der Waals surface area contributed by atoms with Crippen LogP contribution in [0.3, 0.4) is 0 Å². The SMILES string of the molecule is COCc1cc(N2CCN(CC(=O)Nc3ccc4[nH]c(=O)oc4c3)C[C@H]2C)ccc1Cl. The molecule has 1 aliphatic rings. The molecule has 3 aromatic rings. The van der Waals surface area contributed by atoms with Gasteiger partial charge in [-0.25, -0.2) is 4.79 Å². The molecule has 9 heteroatoms. The van der Waals surface area contributed by atoms with E-state index in [1.165, 1.54) is 0 Å². The molecule has 0 radical (unpaired) electrons. The lowest BCUT2D eigenvalue weighted by Gasteiger charge is -2.41. The number of halogens is 1. The Bertz CT molecular complexity index is 1140. The highest BCUT2D eigenvalue weighted by atomic mass is 35.5. The van der Waals surface area contributed by atoms with Crippen LogP contribution in [0.4, 0.5) is 11.4 Å². The molecule has 1 atom stereocenters. The Morgan fingerprint density at radius 1 is 1.29 bits per heavy atom. The lowest BCUT2D eigenvalue weighted by Crippen LogP contribution is -2.53. The van der Waals surface area contributed by atoms with Crippen LogP contribution in [0.2, 0.25) is 5.02 Å². The number of amides is 1. The molecule has 1 amide bonds. The van der Waals surface area contributed by atoms with Gasteiger partial charge in [-0.2, -0.15) is 0 Å². The van der Waals surface area contributed by atoms with Crippen molar-refractivity contribution in [2.45, 2.75) is 19.6 Å². The van der Waals surface area contributed by atoms with Gasteiger partial charge in [-0.15, -0.1) is 0 Å². The molecule has 0 bridgehead atoms. The average Bonchev–Trinajstić information content (AvgIpc) is 3.09. The fourth-order valence-electron chi connectivity index (χ4n) is 3.99. The van der Waals surface area contributed by atoms with E-state index in [4.69, 9.17) is 20.8 Å².